The van der Waals surface area contributed by atoms with Crippen LogP contribution in [0.4, 0.5) is 11.4 Å². The number of para-hydroxylation sites is 1. The third-order valence-electron chi connectivity index (χ3n) is 6.77. The van der Waals surface area contributed by atoms with Gasteiger partial charge in [-0.05, 0) is 37.8 Å². The van der Waals surface area contributed by atoms with E-state index in [1.165, 1.54) is 11.6 Å². The maximum atomic E-state index is 13.0. The molecular formula is C24H38N2O4Si. The lowest BCUT2D eigenvalue weighted by atomic mass is 10.0. The minimum Gasteiger partial charge on any atom is -0.369 e. The van der Waals surface area contributed by atoms with Crippen LogP contribution in [0.1, 0.15) is 37.7 Å². The highest BCUT2D eigenvalue weighted by molar-refractivity contribution is 6.76. The third-order valence-corrected chi connectivity index (χ3v) is 8.56. The highest BCUT2D eigenvalue weighted by atomic mass is 28.3. The first-order valence-electron chi connectivity index (χ1n) is 11.8. The second-order valence-electron chi connectivity index (χ2n) is 10.5. The SMILES string of the molecule is Cc1cccc(NC(=O)C2CCC(CC[Si](C)(C)C)O2)c1N1CCC2(CC1)OCCO2. The number of benzene rings is 1. The Hall–Kier alpha value is -1.41. The maximum absolute atomic E-state index is 13.0. The van der Waals surface area contributed by atoms with E-state index in [1.54, 1.807) is 0 Å². The molecule has 1 spiro atoms. The smallest absolute Gasteiger partial charge is 0.253 e. The molecule has 0 bridgehead atoms. The van der Waals surface area contributed by atoms with Crippen molar-refractivity contribution in [3.63, 3.8) is 0 Å². The number of hydrogen-bond donors (Lipinski definition) is 1. The van der Waals surface area contributed by atoms with Gasteiger partial charge in [0.1, 0.15) is 6.10 Å². The maximum Gasteiger partial charge on any atom is 0.253 e. The summed E-state index contributed by atoms with van der Waals surface area (Å²) in [7, 11) is -1.08. The van der Waals surface area contributed by atoms with Gasteiger partial charge in [-0.15, -0.1) is 0 Å². The van der Waals surface area contributed by atoms with Gasteiger partial charge < -0.3 is 24.4 Å². The van der Waals surface area contributed by atoms with E-state index in [2.05, 4.69) is 42.8 Å². The van der Waals surface area contributed by atoms with Crippen molar-refractivity contribution in [1.82, 2.24) is 0 Å². The Kier molecular flexibility index (Phi) is 6.77. The number of piperidine rings is 1. The first-order valence-corrected chi connectivity index (χ1v) is 15.5. The number of rotatable bonds is 6. The van der Waals surface area contributed by atoms with E-state index in [0.29, 0.717) is 13.2 Å². The number of hydrogen-bond acceptors (Lipinski definition) is 5. The molecule has 3 aliphatic heterocycles. The molecule has 31 heavy (non-hydrogen) atoms. The van der Waals surface area contributed by atoms with Crippen LogP contribution in [0.3, 0.4) is 0 Å². The Morgan fingerprint density at radius 3 is 2.55 bits per heavy atom. The quantitative estimate of drug-likeness (QED) is 0.650. The Labute approximate surface area is 187 Å². The van der Waals surface area contributed by atoms with E-state index >= 15 is 0 Å². The Balaban J connectivity index is 1.38. The third kappa shape index (κ3) is 5.50. The molecule has 4 rings (SSSR count). The number of aryl methyl sites for hydroxylation is 1. The second-order valence-corrected chi connectivity index (χ2v) is 16.1. The van der Waals surface area contributed by atoms with Crippen molar-refractivity contribution in [3.05, 3.63) is 23.8 Å². The molecule has 7 heteroatoms. The molecule has 3 aliphatic rings. The number of nitrogens with one attached hydrogen (secondary N) is 1. The van der Waals surface area contributed by atoms with Gasteiger partial charge in [0.2, 0.25) is 0 Å². The summed E-state index contributed by atoms with van der Waals surface area (Å²) in [4.78, 5) is 15.4. The zero-order valence-electron chi connectivity index (χ0n) is 19.5. The van der Waals surface area contributed by atoms with Crippen molar-refractivity contribution in [2.75, 3.05) is 36.5 Å². The van der Waals surface area contributed by atoms with Crippen LogP contribution < -0.4 is 10.2 Å². The molecule has 2 atom stereocenters. The molecule has 0 saturated carbocycles. The van der Waals surface area contributed by atoms with Gasteiger partial charge in [0, 0.05) is 34.0 Å². The Bertz CT molecular complexity index is 778. The van der Waals surface area contributed by atoms with Crippen LogP contribution in [0.15, 0.2) is 18.2 Å². The van der Waals surface area contributed by atoms with Crippen LogP contribution in [0, 0.1) is 6.92 Å². The van der Waals surface area contributed by atoms with Crippen LogP contribution in [-0.2, 0) is 19.0 Å². The van der Waals surface area contributed by atoms with Gasteiger partial charge in [-0.2, -0.15) is 0 Å². The number of nitrogens with zero attached hydrogens (tertiary/aromatic N) is 1. The minimum absolute atomic E-state index is 0.0155. The summed E-state index contributed by atoms with van der Waals surface area (Å²) in [5.41, 5.74) is 3.16. The number of carbonyl (C=O) groups excluding carboxylic acids is 1. The normalized spacial score (nSPS) is 25.9. The number of ether oxygens (including phenoxy) is 3. The number of amides is 1. The van der Waals surface area contributed by atoms with Crippen molar-refractivity contribution in [1.29, 1.82) is 0 Å². The summed E-state index contributed by atoms with van der Waals surface area (Å²) in [6.45, 7) is 12.4. The van der Waals surface area contributed by atoms with Crippen LogP contribution in [0.5, 0.6) is 0 Å². The predicted octanol–water partition coefficient (Wildman–Crippen LogP) is 4.55. The lowest BCUT2D eigenvalue weighted by Gasteiger charge is -2.40. The fraction of sp³-hybridized carbons (Fsp3) is 0.708. The topological polar surface area (TPSA) is 60.0 Å². The van der Waals surface area contributed by atoms with Gasteiger partial charge >= 0.3 is 0 Å². The summed E-state index contributed by atoms with van der Waals surface area (Å²) in [5, 5.41) is 3.19. The van der Waals surface area contributed by atoms with Crippen molar-refractivity contribution in [2.24, 2.45) is 0 Å². The molecule has 3 saturated heterocycles. The average Bonchev–Trinajstić information content (AvgIpc) is 3.37. The molecule has 0 radical (unpaired) electrons. The summed E-state index contributed by atoms with van der Waals surface area (Å²) in [6, 6.07) is 7.37. The van der Waals surface area contributed by atoms with Gasteiger partial charge in [0.15, 0.2) is 5.79 Å². The molecule has 1 aromatic carbocycles. The first-order chi connectivity index (χ1) is 14.7. The van der Waals surface area contributed by atoms with Crippen LogP contribution in [0.2, 0.25) is 25.7 Å². The Morgan fingerprint density at radius 2 is 1.87 bits per heavy atom. The molecule has 3 fully saturated rings. The van der Waals surface area contributed by atoms with Gasteiger partial charge in [-0.1, -0.05) is 37.8 Å². The van der Waals surface area contributed by atoms with Crippen molar-refractivity contribution < 1.29 is 19.0 Å². The second kappa shape index (κ2) is 9.22. The zero-order chi connectivity index (χ0) is 22.1. The molecule has 1 N–H and O–H groups in total. The monoisotopic (exact) mass is 446 g/mol. The van der Waals surface area contributed by atoms with Crippen LogP contribution >= 0.6 is 0 Å². The van der Waals surface area contributed by atoms with Crippen molar-refractivity contribution >= 4 is 25.4 Å². The van der Waals surface area contributed by atoms with Gasteiger partial charge in [0.05, 0.1) is 30.7 Å². The van der Waals surface area contributed by atoms with Gasteiger partial charge in [-0.3, -0.25) is 4.79 Å². The molecule has 1 aromatic rings. The van der Waals surface area contributed by atoms with E-state index in [4.69, 9.17) is 14.2 Å². The minimum atomic E-state index is -1.08. The van der Waals surface area contributed by atoms with E-state index in [-0.39, 0.29) is 18.1 Å². The summed E-state index contributed by atoms with van der Waals surface area (Å²) in [5.74, 6) is -0.413. The van der Waals surface area contributed by atoms with E-state index in [0.717, 1.165) is 56.6 Å². The number of carbonyl (C=O) groups is 1. The van der Waals surface area contributed by atoms with E-state index in [1.807, 2.05) is 12.1 Å². The van der Waals surface area contributed by atoms with Crippen LogP contribution in [-0.4, -0.2) is 58.3 Å². The van der Waals surface area contributed by atoms with Crippen molar-refractivity contribution in [2.45, 2.75) is 82.7 Å². The molecule has 6 nitrogen and oxygen atoms in total. The van der Waals surface area contributed by atoms with E-state index in [9.17, 15) is 4.79 Å². The van der Waals surface area contributed by atoms with Gasteiger partial charge in [0.25, 0.3) is 5.91 Å². The lowest BCUT2D eigenvalue weighted by molar-refractivity contribution is -0.169. The van der Waals surface area contributed by atoms with Crippen molar-refractivity contribution in [3.8, 4) is 0 Å². The average molecular weight is 447 g/mol. The molecule has 0 aromatic heterocycles. The fourth-order valence-electron chi connectivity index (χ4n) is 4.95. The summed E-state index contributed by atoms with van der Waals surface area (Å²) < 4.78 is 17.9. The van der Waals surface area contributed by atoms with Crippen LogP contribution in [0.25, 0.3) is 0 Å². The standard InChI is InChI=1S/C24H38N2O4Si/c1-18-6-5-7-20(22(18)26-13-11-24(12-14-26)28-15-16-29-24)25-23(27)21-9-8-19(30-21)10-17-31(2,3)4/h5-7,19,21H,8-17H2,1-4H3,(H,25,27). The fourth-order valence-corrected chi connectivity index (χ4v) is 6.14. The number of anilines is 2. The highest BCUT2D eigenvalue weighted by Gasteiger charge is 2.40. The molecule has 1 amide bonds. The Morgan fingerprint density at radius 1 is 1.16 bits per heavy atom. The molecule has 2 unspecified atom stereocenters. The molecular weight excluding hydrogens is 408 g/mol. The largest absolute Gasteiger partial charge is 0.369 e. The summed E-state index contributed by atoms with van der Waals surface area (Å²) in [6.07, 6.45) is 4.45. The molecule has 172 valence electrons. The first kappa shape index (κ1) is 22.8. The zero-order valence-corrected chi connectivity index (χ0v) is 20.5. The molecule has 3 heterocycles. The van der Waals surface area contributed by atoms with Gasteiger partial charge in [-0.25, -0.2) is 0 Å². The lowest BCUT2D eigenvalue weighted by Crippen LogP contribution is -2.45. The van der Waals surface area contributed by atoms with E-state index < -0.39 is 13.9 Å². The molecule has 0 aliphatic carbocycles. The predicted molar refractivity (Wildman–Crippen MR) is 127 cm³/mol. The summed E-state index contributed by atoms with van der Waals surface area (Å²) >= 11 is 0. The highest BCUT2D eigenvalue weighted by Crippen LogP contribution is 2.37.